The summed E-state index contributed by atoms with van der Waals surface area (Å²) in [5, 5.41) is 11.8. The molecule has 2 heterocycles. The van der Waals surface area contributed by atoms with Gasteiger partial charge in [0.15, 0.2) is 5.13 Å². The van der Waals surface area contributed by atoms with Gasteiger partial charge in [-0.15, -0.1) is 11.3 Å². The van der Waals surface area contributed by atoms with E-state index in [0.29, 0.717) is 11.3 Å². The smallest absolute Gasteiger partial charge is 0.185 e. The van der Waals surface area contributed by atoms with Crippen molar-refractivity contribution >= 4 is 22.2 Å². The molecule has 3 rings (SSSR count). The summed E-state index contributed by atoms with van der Waals surface area (Å²) in [7, 11) is 0. The zero-order chi connectivity index (χ0) is 14.7. The Balaban J connectivity index is 1.75. The van der Waals surface area contributed by atoms with Gasteiger partial charge in [0.2, 0.25) is 0 Å². The summed E-state index contributed by atoms with van der Waals surface area (Å²) in [6.07, 6.45) is 2.77. The minimum absolute atomic E-state index is 0.322. The summed E-state index contributed by atoms with van der Waals surface area (Å²) in [6.45, 7) is 3.32. The first-order valence-electron chi connectivity index (χ1n) is 6.87. The van der Waals surface area contributed by atoms with Gasteiger partial charge >= 0.3 is 0 Å². The van der Waals surface area contributed by atoms with Crippen LogP contribution < -0.4 is 9.80 Å². The van der Waals surface area contributed by atoms with Crippen LogP contribution in [0.4, 0.5) is 15.2 Å². The number of anilines is 2. The highest BCUT2D eigenvalue weighted by Gasteiger charge is 2.19. The van der Waals surface area contributed by atoms with E-state index in [9.17, 15) is 4.39 Å². The van der Waals surface area contributed by atoms with Crippen LogP contribution in [0.5, 0.6) is 0 Å². The zero-order valence-corrected chi connectivity index (χ0v) is 12.3. The zero-order valence-electron chi connectivity index (χ0n) is 11.5. The topological polar surface area (TPSA) is 43.2 Å². The molecule has 6 heteroatoms. The summed E-state index contributed by atoms with van der Waals surface area (Å²) >= 11 is 1.63. The molecular formula is C15H15FN4S. The lowest BCUT2D eigenvalue weighted by Gasteiger charge is -2.24. The highest BCUT2D eigenvalue weighted by Crippen LogP contribution is 2.24. The van der Waals surface area contributed by atoms with E-state index in [2.05, 4.69) is 9.88 Å². The molecule has 0 unspecified atom stereocenters. The third kappa shape index (κ3) is 2.98. The summed E-state index contributed by atoms with van der Waals surface area (Å²) in [5.74, 6) is -0.322. The van der Waals surface area contributed by atoms with Gasteiger partial charge in [0.25, 0.3) is 0 Å². The molecule has 0 saturated carbocycles. The monoisotopic (exact) mass is 302 g/mol. The second-order valence-electron chi connectivity index (χ2n) is 4.92. The fourth-order valence-electron chi connectivity index (χ4n) is 2.55. The Kier molecular flexibility index (Phi) is 4.02. The van der Waals surface area contributed by atoms with Gasteiger partial charge in [-0.1, -0.05) is 0 Å². The largest absolute Gasteiger partial charge is 0.367 e. The number of aromatic nitrogens is 1. The Labute approximate surface area is 127 Å². The molecule has 0 radical (unpaired) electrons. The molecule has 108 valence electrons. The molecule has 1 aromatic heterocycles. The summed E-state index contributed by atoms with van der Waals surface area (Å²) in [5.41, 5.74) is 0.936. The average molecular weight is 302 g/mol. The van der Waals surface area contributed by atoms with Gasteiger partial charge in [0, 0.05) is 37.8 Å². The number of hydrogen-bond acceptors (Lipinski definition) is 5. The van der Waals surface area contributed by atoms with Crippen molar-refractivity contribution in [3.63, 3.8) is 0 Å². The normalized spacial score (nSPS) is 15.6. The van der Waals surface area contributed by atoms with Crippen LogP contribution in [-0.4, -0.2) is 31.2 Å². The summed E-state index contributed by atoms with van der Waals surface area (Å²) < 4.78 is 14.1. The molecule has 1 aromatic carbocycles. The van der Waals surface area contributed by atoms with Gasteiger partial charge < -0.3 is 9.80 Å². The molecule has 4 nitrogen and oxygen atoms in total. The third-order valence-electron chi connectivity index (χ3n) is 3.60. The molecule has 0 spiro atoms. The van der Waals surface area contributed by atoms with E-state index >= 15 is 0 Å². The van der Waals surface area contributed by atoms with Crippen LogP contribution in [-0.2, 0) is 0 Å². The van der Waals surface area contributed by atoms with Crippen molar-refractivity contribution in [3.8, 4) is 6.07 Å². The standard InChI is InChI=1S/C15H15FN4S/c16-13-10-12(11-17)2-3-14(13)19-5-1-6-20(8-7-19)15-18-4-9-21-15/h2-4,9-10H,1,5-8H2. The first kappa shape index (κ1) is 13.8. The molecule has 1 saturated heterocycles. The number of rotatable bonds is 2. The SMILES string of the molecule is N#Cc1ccc(N2CCCN(c3nccs3)CC2)c(F)c1. The Morgan fingerprint density at radius 2 is 2.00 bits per heavy atom. The first-order chi connectivity index (χ1) is 10.3. The van der Waals surface area contributed by atoms with Crippen LogP contribution in [0.1, 0.15) is 12.0 Å². The number of nitrogens with zero attached hydrogens (tertiary/aromatic N) is 4. The van der Waals surface area contributed by atoms with Gasteiger partial charge in [-0.2, -0.15) is 5.26 Å². The maximum atomic E-state index is 14.1. The molecule has 0 N–H and O–H groups in total. The lowest BCUT2D eigenvalue weighted by molar-refractivity contribution is 0.618. The van der Waals surface area contributed by atoms with Crippen LogP contribution >= 0.6 is 11.3 Å². The van der Waals surface area contributed by atoms with Crippen molar-refractivity contribution < 1.29 is 4.39 Å². The summed E-state index contributed by atoms with van der Waals surface area (Å²) in [6, 6.07) is 6.64. The van der Waals surface area contributed by atoms with Crippen molar-refractivity contribution in [2.75, 3.05) is 36.0 Å². The van der Waals surface area contributed by atoms with E-state index in [0.717, 1.165) is 37.7 Å². The molecule has 21 heavy (non-hydrogen) atoms. The van der Waals surface area contributed by atoms with Crippen LogP contribution in [0.15, 0.2) is 29.8 Å². The number of nitriles is 1. The van der Waals surface area contributed by atoms with Crippen molar-refractivity contribution in [2.45, 2.75) is 6.42 Å². The van der Waals surface area contributed by atoms with E-state index < -0.39 is 0 Å². The number of benzene rings is 1. The Hall–Kier alpha value is -2.13. The third-order valence-corrected chi connectivity index (χ3v) is 4.44. The Bertz CT molecular complexity index is 650. The minimum atomic E-state index is -0.322. The molecule has 0 bridgehead atoms. The van der Waals surface area contributed by atoms with Gasteiger partial charge in [-0.3, -0.25) is 0 Å². The van der Waals surface area contributed by atoms with Gasteiger partial charge in [0.05, 0.1) is 17.3 Å². The molecule has 0 atom stereocenters. The Morgan fingerprint density at radius 3 is 2.71 bits per heavy atom. The lowest BCUT2D eigenvalue weighted by Crippen LogP contribution is -2.31. The van der Waals surface area contributed by atoms with Crippen LogP contribution in [0.2, 0.25) is 0 Å². The van der Waals surface area contributed by atoms with Crippen molar-refractivity contribution in [1.82, 2.24) is 4.98 Å². The van der Waals surface area contributed by atoms with E-state index in [4.69, 9.17) is 5.26 Å². The van der Waals surface area contributed by atoms with Gasteiger partial charge in [0.1, 0.15) is 5.82 Å². The quantitative estimate of drug-likeness (QED) is 0.855. The van der Waals surface area contributed by atoms with Gasteiger partial charge in [-0.05, 0) is 24.6 Å². The minimum Gasteiger partial charge on any atom is -0.367 e. The average Bonchev–Trinajstić information content (AvgIpc) is 2.92. The summed E-state index contributed by atoms with van der Waals surface area (Å²) in [4.78, 5) is 8.62. The fraction of sp³-hybridized carbons (Fsp3) is 0.333. The number of thiazole rings is 1. The molecule has 1 aliphatic rings. The van der Waals surface area contributed by atoms with Gasteiger partial charge in [-0.25, -0.2) is 9.37 Å². The number of hydrogen-bond donors (Lipinski definition) is 0. The van der Waals surface area contributed by atoms with Crippen molar-refractivity contribution in [1.29, 1.82) is 5.26 Å². The molecule has 0 aliphatic carbocycles. The molecule has 2 aromatic rings. The van der Waals surface area contributed by atoms with E-state index in [-0.39, 0.29) is 5.82 Å². The van der Waals surface area contributed by atoms with Crippen LogP contribution in [0, 0.1) is 17.1 Å². The van der Waals surface area contributed by atoms with Crippen LogP contribution in [0.3, 0.4) is 0 Å². The molecule has 1 fully saturated rings. The lowest BCUT2D eigenvalue weighted by atomic mass is 10.2. The predicted octanol–water partition coefficient (Wildman–Crippen LogP) is 2.87. The molecule has 1 aliphatic heterocycles. The maximum absolute atomic E-state index is 14.1. The first-order valence-corrected chi connectivity index (χ1v) is 7.75. The molecule has 0 amide bonds. The second kappa shape index (κ2) is 6.10. The van der Waals surface area contributed by atoms with E-state index in [1.165, 1.54) is 6.07 Å². The van der Waals surface area contributed by atoms with E-state index in [1.54, 1.807) is 23.5 Å². The van der Waals surface area contributed by atoms with Crippen molar-refractivity contribution in [2.24, 2.45) is 0 Å². The Morgan fingerprint density at radius 1 is 1.19 bits per heavy atom. The molecular weight excluding hydrogens is 287 g/mol. The highest BCUT2D eigenvalue weighted by molar-refractivity contribution is 7.13. The van der Waals surface area contributed by atoms with Crippen LogP contribution in [0.25, 0.3) is 0 Å². The predicted molar refractivity (Wildman–Crippen MR) is 82.3 cm³/mol. The maximum Gasteiger partial charge on any atom is 0.185 e. The highest BCUT2D eigenvalue weighted by atomic mass is 32.1. The van der Waals surface area contributed by atoms with E-state index in [1.807, 2.05) is 22.5 Å². The fourth-order valence-corrected chi connectivity index (χ4v) is 3.25. The second-order valence-corrected chi connectivity index (χ2v) is 5.79. The number of halogens is 1. The van der Waals surface area contributed by atoms with Crippen molar-refractivity contribution in [3.05, 3.63) is 41.2 Å².